The first kappa shape index (κ1) is 14.4. The minimum atomic E-state index is 0.357. The van der Waals surface area contributed by atoms with Crippen LogP contribution in [0.25, 0.3) is 0 Å². The molecule has 106 valence electrons. The molecule has 1 aromatic rings. The Morgan fingerprint density at radius 1 is 1.21 bits per heavy atom. The van der Waals surface area contributed by atoms with Gasteiger partial charge in [0.15, 0.2) is 0 Å². The van der Waals surface area contributed by atoms with E-state index in [4.69, 9.17) is 10.5 Å². The molecule has 1 aliphatic heterocycles. The van der Waals surface area contributed by atoms with Crippen LogP contribution in [0.15, 0.2) is 24.3 Å². The first-order valence-corrected chi connectivity index (χ1v) is 7.28. The van der Waals surface area contributed by atoms with Crippen LogP contribution in [0.4, 0.5) is 5.69 Å². The van der Waals surface area contributed by atoms with Crippen molar-refractivity contribution in [3.8, 4) is 0 Å². The first-order chi connectivity index (χ1) is 9.04. The third-order valence-electron chi connectivity index (χ3n) is 3.88. The van der Waals surface area contributed by atoms with Crippen LogP contribution in [0.1, 0.15) is 38.7 Å². The van der Waals surface area contributed by atoms with Gasteiger partial charge in [-0.15, -0.1) is 0 Å². The molecule has 2 rings (SSSR count). The minimum Gasteiger partial charge on any atom is -0.399 e. The summed E-state index contributed by atoms with van der Waals surface area (Å²) in [6.07, 6.45) is 1.90. The Kier molecular flexibility index (Phi) is 4.83. The summed E-state index contributed by atoms with van der Waals surface area (Å²) in [7, 11) is 0. The molecular weight excluding hydrogens is 236 g/mol. The van der Waals surface area contributed by atoms with Crippen molar-refractivity contribution in [1.82, 2.24) is 4.90 Å². The van der Waals surface area contributed by atoms with Crippen LogP contribution in [0.5, 0.6) is 0 Å². The molecule has 0 bridgehead atoms. The van der Waals surface area contributed by atoms with Gasteiger partial charge in [0.05, 0.1) is 12.2 Å². The van der Waals surface area contributed by atoms with Crippen LogP contribution in [0.3, 0.4) is 0 Å². The smallest absolute Gasteiger partial charge is 0.0678 e. The van der Waals surface area contributed by atoms with E-state index in [1.165, 1.54) is 12.0 Å². The highest BCUT2D eigenvalue weighted by molar-refractivity contribution is 5.40. The van der Waals surface area contributed by atoms with Gasteiger partial charge in [0.25, 0.3) is 0 Å². The average Bonchev–Trinajstić information content (AvgIpc) is 2.36. The zero-order valence-corrected chi connectivity index (χ0v) is 12.3. The van der Waals surface area contributed by atoms with E-state index in [-0.39, 0.29) is 0 Å². The molecular formula is C16H26N2O. The van der Waals surface area contributed by atoms with E-state index in [2.05, 4.69) is 37.8 Å². The van der Waals surface area contributed by atoms with Gasteiger partial charge in [0.2, 0.25) is 0 Å². The Hall–Kier alpha value is -1.06. The number of anilines is 1. The van der Waals surface area contributed by atoms with E-state index in [0.29, 0.717) is 18.1 Å². The summed E-state index contributed by atoms with van der Waals surface area (Å²) in [5.74, 6) is 0.578. The van der Waals surface area contributed by atoms with E-state index < -0.39 is 0 Å². The molecule has 0 radical (unpaired) electrons. The molecule has 0 amide bonds. The summed E-state index contributed by atoms with van der Waals surface area (Å²) in [6.45, 7) is 9.86. The van der Waals surface area contributed by atoms with Gasteiger partial charge in [-0.25, -0.2) is 0 Å². The summed E-state index contributed by atoms with van der Waals surface area (Å²) in [4.78, 5) is 2.52. The number of hydrogen-bond donors (Lipinski definition) is 1. The number of nitrogen functional groups attached to an aromatic ring is 1. The van der Waals surface area contributed by atoms with Crippen LogP contribution in [0.2, 0.25) is 0 Å². The Morgan fingerprint density at radius 3 is 2.37 bits per heavy atom. The van der Waals surface area contributed by atoms with Crippen LogP contribution in [-0.2, 0) is 4.74 Å². The molecule has 1 fully saturated rings. The molecule has 2 N–H and O–H groups in total. The number of morpholine rings is 1. The molecule has 1 heterocycles. The second kappa shape index (κ2) is 6.40. The van der Waals surface area contributed by atoms with Gasteiger partial charge in [0, 0.05) is 18.8 Å². The van der Waals surface area contributed by atoms with E-state index in [1.54, 1.807) is 0 Å². The van der Waals surface area contributed by atoms with Crippen LogP contribution in [0, 0.1) is 0 Å². The maximum absolute atomic E-state index is 5.77. The zero-order valence-electron chi connectivity index (χ0n) is 12.3. The van der Waals surface area contributed by atoms with Crippen molar-refractivity contribution < 1.29 is 4.74 Å². The van der Waals surface area contributed by atoms with Gasteiger partial charge < -0.3 is 10.5 Å². The van der Waals surface area contributed by atoms with Gasteiger partial charge in [-0.1, -0.05) is 19.1 Å². The average molecular weight is 262 g/mol. The number of nitrogens with zero attached hydrogens (tertiary/aromatic N) is 1. The maximum Gasteiger partial charge on any atom is 0.0678 e. The van der Waals surface area contributed by atoms with Crippen molar-refractivity contribution in [3.05, 3.63) is 29.8 Å². The lowest BCUT2D eigenvalue weighted by atomic mass is 9.97. The van der Waals surface area contributed by atoms with Crippen molar-refractivity contribution in [2.75, 3.05) is 25.4 Å². The quantitative estimate of drug-likeness (QED) is 0.848. The number of nitrogens with two attached hydrogens (primary N) is 1. The standard InChI is InChI=1S/C16H26N2O/c1-12(15-4-6-16(17)7-5-15)8-9-18-10-13(2)19-14(3)11-18/h4-7,12-14H,8-11,17H2,1-3H3/t12?,13-,14+. The predicted octanol–water partition coefficient (Wildman–Crippen LogP) is 2.87. The number of hydrogen-bond acceptors (Lipinski definition) is 3. The van der Waals surface area contributed by atoms with E-state index in [9.17, 15) is 0 Å². The molecule has 0 saturated carbocycles. The highest BCUT2D eigenvalue weighted by atomic mass is 16.5. The normalized spacial score (nSPS) is 26.3. The van der Waals surface area contributed by atoms with E-state index in [1.807, 2.05) is 12.1 Å². The largest absolute Gasteiger partial charge is 0.399 e. The topological polar surface area (TPSA) is 38.5 Å². The maximum atomic E-state index is 5.77. The first-order valence-electron chi connectivity index (χ1n) is 7.28. The molecule has 1 unspecified atom stereocenters. The fraction of sp³-hybridized carbons (Fsp3) is 0.625. The van der Waals surface area contributed by atoms with Crippen molar-refractivity contribution in [2.45, 2.75) is 45.3 Å². The minimum absolute atomic E-state index is 0.357. The van der Waals surface area contributed by atoms with Crippen molar-refractivity contribution in [3.63, 3.8) is 0 Å². The third-order valence-corrected chi connectivity index (χ3v) is 3.88. The molecule has 3 atom stereocenters. The van der Waals surface area contributed by atoms with E-state index in [0.717, 1.165) is 25.3 Å². The van der Waals surface area contributed by atoms with Crippen LogP contribution >= 0.6 is 0 Å². The SMILES string of the molecule is CC(CCN1C[C@@H](C)O[C@@H](C)C1)c1ccc(N)cc1. The molecule has 1 saturated heterocycles. The number of rotatable bonds is 4. The van der Waals surface area contributed by atoms with Gasteiger partial charge in [0.1, 0.15) is 0 Å². The Labute approximate surface area is 116 Å². The molecule has 3 nitrogen and oxygen atoms in total. The van der Waals surface area contributed by atoms with Gasteiger partial charge >= 0.3 is 0 Å². The van der Waals surface area contributed by atoms with Gasteiger partial charge in [-0.05, 0) is 50.4 Å². The van der Waals surface area contributed by atoms with Crippen molar-refractivity contribution in [1.29, 1.82) is 0 Å². The summed E-state index contributed by atoms with van der Waals surface area (Å²) in [5.41, 5.74) is 7.94. The second-order valence-electron chi connectivity index (χ2n) is 5.87. The predicted molar refractivity (Wildman–Crippen MR) is 80.3 cm³/mol. The summed E-state index contributed by atoms with van der Waals surface area (Å²) in [6, 6.07) is 8.27. The fourth-order valence-corrected chi connectivity index (χ4v) is 2.83. The zero-order chi connectivity index (χ0) is 13.8. The van der Waals surface area contributed by atoms with Crippen molar-refractivity contribution >= 4 is 5.69 Å². The Balaban J connectivity index is 1.83. The highest BCUT2D eigenvalue weighted by Gasteiger charge is 2.22. The third kappa shape index (κ3) is 4.22. The molecule has 1 aliphatic rings. The van der Waals surface area contributed by atoms with Crippen LogP contribution in [-0.4, -0.2) is 36.7 Å². The van der Waals surface area contributed by atoms with Crippen molar-refractivity contribution in [2.24, 2.45) is 0 Å². The lowest BCUT2D eigenvalue weighted by Gasteiger charge is -2.35. The number of benzene rings is 1. The molecule has 0 aliphatic carbocycles. The molecule has 0 aromatic heterocycles. The van der Waals surface area contributed by atoms with E-state index >= 15 is 0 Å². The second-order valence-corrected chi connectivity index (χ2v) is 5.87. The fourth-order valence-electron chi connectivity index (χ4n) is 2.83. The summed E-state index contributed by atoms with van der Waals surface area (Å²) < 4.78 is 5.77. The lowest BCUT2D eigenvalue weighted by Crippen LogP contribution is -2.45. The van der Waals surface area contributed by atoms with Crippen LogP contribution < -0.4 is 5.73 Å². The Morgan fingerprint density at radius 2 is 1.79 bits per heavy atom. The Bertz CT molecular complexity index is 380. The summed E-state index contributed by atoms with van der Waals surface area (Å²) in [5, 5.41) is 0. The summed E-state index contributed by atoms with van der Waals surface area (Å²) >= 11 is 0. The highest BCUT2D eigenvalue weighted by Crippen LogP contribution is 2.21. The monoisotopic (exact) mass is 262 g/mol. The molecule has 3 heteroatoms. The molecule has 0 spiro atoms. The molecule has 19 heavy (non-hydrogen) atoms. The number of ether oxygens (including phenoxy) is 1. The van der Waals surface area contributed by atoms with Gasteiger partial charge in [-0.2, -0.15) is 0 Å². The van der Waals surface area contributed by atoms with Gasteiger partial charge in [-0.3, -0.25) is 4.90 Å². The molecule has 1 aromatic carbocycles. The lowest BCUT2D eigenvalue weighted by molar-refractivity contribution is -0.0683.